The number of rotatable bonds is 9. The van der Waals surface area contributed by atoms with Gasteiger partial charge in [0.15, 0.2) is 0 Å². The third kappa shape index (κ3) is 6.79. The molecule has 0 aliphatic rings. The molecule has 0 bridgehead atoms. The highest BCUT2D eigenvalue weighted by Gasteiger charge is 2.14. The molecule has 0 fully saturated rings. The first kappa shape index (κ1) is 16.3. The van der Waals surface area contributed by atoms with Crippen molar-refractivity contribution in [2.45, 2.75) is 52.1 Å². The normalized spacial score (nSPS) is 15.1. The lowest BCUT2D eigenvalue weighted by molar-refractivity contribution is 0.240. The molecular formula is C16H30N2O. The number of aryl methyl sites for hydroxylation is 1. The summed E-state index contributed by atoms with van der Waals surface area (Å²) >= 11 is 0. The highest BCUT2D eigenvalue weighted by molar-refractivity contribution is 4.98. The van der Waals surface area contributed by atoms with Crippen LogP contribution in [0.4, 0.5) is 0 Å². The molecule has 0 amide bonds. The van der Waals surface area contributed by atoms with Crippen LogP contribution in [-0.2, 0) is 6.42 Å². The number of furan rings is 1. The second-order valence-electron chi connectivity index (χ2n) is 6.17. The summed E-state index contributed by atoms with van der Waals surface area (Å²) in [4.78, 5) is 2.33. The van der Waals surface area contributed by atoms with Crippen molar-refractivity contribution < 1.29 is 4.42 Å². The van der Waals surface area contributed by atoms with Gasteiger partial charge in [0.25, 0.3) is 0 Å². The molecule has 2 unspecified atom stereocenters. The average molecular weight is 266 g/mol. The summed E-state index contributed by atoms with van der Waals surface area (Å²) in [6, 6.07) is 5.15. The zero-order valence-electron chi connectivity index (χ0n) is 13.1. The van der Waals surface area contributed by atoms with Crippen molar-refractivity contribution in [2.75, 3.05) is 20.6 Å². The summed E-state index contributed by atoms with van der Waals surface area (Å²) in [5, 5.41) is 3.65. The lowest BCUT2D eigenvalue weighted by Crippen LogP contribution is -2.41. The van der Waals surface area contributed by atoms with Crippen LogP contribution in [0.25, 0.3) is 0 Å². The molecule has 1 rings (SSSR count). The highest BCUT2D eigenvalue weighted by atomic mass is 16.3. The van der Waals surface area contributed by atoms with Crippen LogP contribution < -0.4 is 5.32 Å². The Morgan fingerprint density at radius 3 is 2.53 bits per heavy atom. The Morgan fingerprint density at radius 1 is 1.26 bits per heavy atom. The Balaban J connectivity index is 2.25. The van der Waals surface area contributed by atoms with Crippen LogP contribution in [0.2, 0.25) is 0 Å². The number of likely N-dealkylation sites (N-methyl/N-ethyl adjacent to an activating group) is 1. The van der Waals surface area contributed by atoms with Crippen LogP contribution in [0.15, 0.2) is 22.8 Å². The summed E-state index contributed by atoms with van der Waals surface area (Å²) in [5.74, 6) is 1.83. The molecule has 0 saturated heterocycles. The molecule has 0 saturated carbocycles. The van der Waals surface area contributed by atoms with Crippen molar-refractivity contribution >= 4 is 0 Å². The van der Waals surface area contributed by atoms with Crippen LogP contribution in [0.1, 0.15) is 39.4 Å². The van der Waals surface area contributed by atoms with E-state index in [0.717, 1.165) is 31.1 Å². The molecule has 19 heavy (non-hydrogen) atoms. The first-order valence-corrected chi connectivity index (χ1v) is 7.41. The van der Waals surface area contributed by atoms with Gasteiger partial charge in [-0.25, -0.2) is 0 Å². The van der Waals surface area contributed by atoms with E-state index in [1.165, 1.54) is 6.42 Å². The number of nitrogens with one attached hydrogen (secondary N) is 1. The zero-order valence-corrected chi connectivity index (χ0v) is 13.1. The van der Waals surface area contributed by atoms with E-state index in [1.807, 2.05) is 12.1 Å². The average Bonchev–Trinajstić information content (AvgIpc) is 2.84. The SMILES string of the molecule is CC(C)CC(CNC(C)CCc1ccco1)N(C)C. The van der Waals surface area contributed by atoms with Crippen molar-refractivity contribution in [2.24, 2.45) is 5.92 Å². The number of nitrogens with zero attached hydrogens (tertiary/aromatic N) is 1. The van der Waals surface area contributed by atoms with Crippen LogP contribution in [0.3, 0.4) is 0 Å². The molecule has 0 aliphatic heterocycles. The maximum absolute atomic E-state index is 5.36. The molecule has 3 heteroatoms. The van der Waals surface area contributed by atoms with Gasteiger partial charge in [0.2, 0.25) is 0 Å². The lowest BCUT2D eigenvalue weighted by atomic mass is 10.0. The van der Waals surface area contributed by atoms with Crippen LogP contribution >= 0.6 is 0 Å². The molecule has 1 aromatic heterocycles. The molecule has 1 N–H and O–H groups in total. The Hall–Kier alpha value is -0.800. The molecule has 3 nitrogen and oxygen atoms in total. The van der Waals surface area contributed by atoms with Gasteiger partial charge >= 0.3 is 0 Å². The van der Waals surface area contributed by atoms with Gasteiger partial charge in [-0.2, -0.15) is 0 Å². The van der Waals surface area contributed by atoms with Gasteiger partial charge in [0.1, 0.15) is 5.76 Å². The van der Waals surface area contributed by atoms with Crippen molar-refractivity contribution in [3.05, 3.63) is 24.2 Å². The molecule has 110 valence electrons. The van der Waals surface area contributed by atoms with Crippen molar-refractivity contribution in [3.63, 3.8) is 0 Å². The number of hydrogen-bond donors (Lipinski definition) is 1. The van der Waals surface area contributed by atoms with E-state index in [4.69, 9.17) is 4.42 Å². The first-order chi connectivity index (χ1) is 8.99. The van der Waals surface area contributed by atoms with Gasteiger partial charge < -0.3 is 14.6 Å². The fraction of sp³-hybridized carbons (Fsp3) is 0.750. The van der Waals surface area contributed by atoms with Gasteiger partial charge in [-0.15, -0.1) is 0 Å². The van der Waals surface area contributed by atoms with Crippen molar-refractivity contribution in [1.29, 1.82) is 0 Å². The van der Waals surface area contributed by atoms with Crippen LogP contribution in [0, 0.1) is 5.92 Å². The van der Waals surface area contributed by atoms with Gasteiger partial charge in [-0.05, 0) is 51.9 Å². The third-order valence-corrected chi connectivity index (χ3v) is 3.58. The zero-order chi connectivity index (χ0) is 14.3. The summed E-state index contributed by atoms with van der Waals surface area (Å²) in [6.07, 6.45) is 5.12. The molecule has 2 atom stereocenters. The van der Waals surface area contributed by atoms with Gasteiger partial charge in [0.05, 0.1) is 6.26 Å². The minimum Gasteiger partial charge on any atom is -0.469 e. The molecule has 1 aromatic rings. The summed E-state index contributed by atoms with van der Waals surface area (Å²) in [7, 11) is 4.34. The monoisotopic (exact) mass is 266 g/mol. The molecule has 0 radical (unpaired) electrons. The van der Waals surface area contributed by atoms with Gasteiger partial charge in [0, 0.05) is 25.0 Å². The third-order valence-electron chi connectivity index (χ3n) is 3.58. The molecule has 1 heterocycles. The van der Waals surface area contributed by atoms with Crippen LogP contribution in [0.5, 0.6) is 0 Å². The second-order valence-corrected chi connectivity index (χ2v) is 6.17. The van der Waals surface area contributed by atoms with E-state index in [0.29, 0.717) is 12.1 Å². The first-order valence-electron chi connectivity index (χ1n) is 7.41. The van der Waals surface area contributed by atoms with E-state index in [2.05, 4.69) is 45.1 Å². The number of hydrogen-bond acceptors (Lipinski definition) is 3. The molecular weight excluding hydrogens is 236 g/mol. The standard InChI is InChI=1S/C16H30N2O/c1-13(2)11-15(18(4)5)12-17-14(3)8-9-16-7-6-10-19-16/h6-7,10,13-15,17H,8-9,11-12H2,1-5H3. The van der Waals surface area contributed by atoms with E-state index in [-0.39, 0.29) is 0 Å². The largest absolute Gasteiger partial charge is 0.469 e. The maximum atomic E-state index is 5.36. The second kappa shape index (κ2) is 8.39. The minimum atomic E-state index is 0.528. The predicted molar refractivity (Wildman–Crippen MR) is 81.4 cm³/mol. The lowest BCUT2D eigenvalue weighted by Gasteiger charge is -2.28. The van der Waals surface area contributed by atoms with Crippen molar-refractivity contribution in [3.8, 4) is 0 Å². The molecule has 0 aliphatic carbocycles. The van der Waals surface area contributed by atoms with E-state index < -0.39 is 0 Å². The Kier molecular flexibility index (Phi) is 7.17. The summed E-state index contributed by atoms with van der Waals surface area (Å²) in [6.45, 7) is 7.89. The Labute approximate surface area is 118 Å². The van der Waals surface area contributed by atoms with Gasteiger partial charge in [-0.3, -0.25) is 0 Å². The summed E-state index contributed by atoms with van der Waals surface area (Å²) in [5.41, 5.74) is 0. The van der Waals surface area contributed by atoms with E-state index in [1.54, 1.807) is 6.26 Å². The maximum Gasteiger partial charge on any atom is 0.103 e. The fourth-order valence-corrected chi connectivity index (χ4v) is 2.27. The van der Waals surface area contributed by atoms with E-state index >= 15 is 0 Å². The predicted octanol–water partition coefficient (Wildman–Crippen LogP) is 3.17. The van der Waals surface area contributed by atoms with E-state index in [9.17, 15) is 0 Å². The van der Waals surface area contributed by atoms with Crippen LogP contribution in [-0.4, -0.2) is 37.6 Å². The topological polar surface area (TPSA) is 28.4 Å². The Morgan fingerprint density at radius 2 is 2.00 bits per heavy atom. The minimum absolute atomic E-state index is 0.528. The quantitative estimate of drug-likeness (QED) is 0.744. The highest BCUT2D eigenvalue weighted by Crippen LogP contribution is 2.09. The fourth-order valence-electron chi connectivity index (χ4n) is 2.27. The van der Waals surface area contributed by atoms with Gasteiger partial charge in [-0.1, -0.05) is 13.8 Å². The molecule has 0 spiro atoms. The molecule has 0 aromatic carbocycles. The smallest absolute Gasteiger partial charge is 0.103 e. The Bertz CT molecular complexity index is 319. The summed E-state index contributed by atoms with van der Waals surface area (Å²) < 4.78 is 5.36. The van der Waals surface area contributed by atoms with Crippen molar-refractivity contribution in [1.82, 2.24) is 10.2 Å².